The minimum absolute atomic E-state index is 0.168. The average molecular weight is 321 g/mol. The van der Waals surface area contributed by atoms with Gasteiger partial charge in [-0.15, -0.1) is 11.3 Å². The van der Waals surface area contributed by atoms with Crippen molar-refractivity contribution >= 4 is 22.8 Å². The van der Waals surface area contributed by atoms with E-state index in [0.717, 1.165) is 33.2 Å². The van der Waals surface area contributed by atoms with Gasteiger partial charge in [-0.3, -0.25) is 4.79 Å². The molecule has 3 heterocycles. The number of benzene rings is 1. The van der Waals surface area contributed by atoms with Crippen molar-refractivity contribution in [1.29, 1.82) is 0 Å². The van der Waals surface area contributed by atoms with E-state index in [2.05, 4.69) is 24.0 Å². The Morgan fingerprint density at radius 2 is 2.04 bits per heavy atom. The third kappa shape index (κ3) is 1.47. The van der Waals surface area contributed by atoms with Crippen molar-refractivity contribution in [3.05, 3.63) is 75.3 Å². The largest absolute Gasteiger partial charge is 0.479 e. The van der Waals surface area contributed by atoms with E-state index in [1.54, 1.807) is 11.3 Å². The minimum atomic E-state index is -0.514. The second-order valence-electron chi connectivity index (χ2n) is 6.33. The first-order chi connectivity index (χ1) is 11.1. The summed E-state index contributed by atoms with van der Waals surface area (Å²) in [6.07, 6.45) is 2.02. The summed E-state index contributed by atoms with van der Waals surface area (Å²) in [6, 6.07) is 12.3. The van der Waals surface area contributed by atoms with Crippen molar-refractivity contribution in [1.82, 2.24) is 0 Å². The lowest BCUT2D eigenvalue weighted by Crippen LogP contribution is -2.41. The van der Waals surface area contributed by atoms with E-state index in [4.69, 9.17) is 4.74 Å². The number of thiophene rings is 1. The highest BCUT2D eigenvalue weighted by Crippen LogP contribution is 2.56. The van der Waals surface area contributed by atoms with Crippen LogP contribution in [0.4, 0.5) is 5.69 Å². The fourth-order valence-corrected chi connectivity index (χ4v) is 4.72. The van der Waals surface area contributed by atoms with Crippen LogP contribution in [0.1, 0.15) is 23.3 Å². The van der Waals surface area contributed by atoms with Gasteiger partial charge < -0.3 is 9.64 Å². The molecule has 2 aromatic rings. The van der Waals surface area contributed by atoms with E-state index >= 15 is 0 Å². The quantitative estimate of drug-likeness (QED) is 0.796. The molecule has 5 rings (SSSR count). The maximum absolute atomic E-state index is 12.6. The molecule has 4 heteroatoms. The monoisotopic (exact) mass is 321 g/mol. The van der Waals surface area contributed by atoms with E-state index in [0.29, 0.717) is 0 Å². The molecule has 114 valence electrons. The number of Topliss-reactive ketones (excluding diaryl/α,β-unsaturated/α-hetero) is 1. The number of ether oxygens (including phenoxy) is 1. The van der Waals surface area contributed by atoms with Crippen LogP contribution >= 0.6 is 11.3 Å². The molecule has 0 saturated carbocycles. The summed E-state index contributed by atoms with van der Waals surface area (Å²) >= 11 is 1.61. The van der Waals surface area contributed by atoms with Crippen LogP contribution < -0.4 is 4.90 Å². The summed E-state index contributed by atoms with van der Waals surface area (Å²) in [7, 11) is 2.03. The number of fused-ring (bicyclic) bond motifs is 3. The van der Waals surface area contributed by atoms with Crippen molar-refractivity contribution in [3.8, 4) is 0 Å². The molecule has 0 radical (unpaired) electrons. The van der Waals surface area contributed by atoms with Gasteiger partial charge in [0, 0.05) is 23.2 Å². The van der Waals surface area contributed by atoms with Crippen molar-refractivity contribution in [2.45, 2.75) is 18.4 Å². The van der Waals surface area contributed by atoms with Crippen LogP contribution in [0.5, 0.6) is 0 Å². The minimum Gasteiger partial charge on any atom is -0.479 e. The predicted molar refractivity (Wildman–Crippen MR) is 90.5 cm³/mol. The normalized spacial score (nSPS) is 27.7. The first-order valence-corrected chi connectivity index (χ1v) is 8.55. The second kappa shape index (κ2) is 4.15. The number of ketones is 1. The zero-order valence-corrected chi connectivity index (χ0v) is 13.7. The van der Waals surface area contributed by atoms with E-state index in [-0.39, 0.29) is 11.7 Å². The molecule has 3 nitrogen and oxygen atoms in total. The summed E-state index contributed by atoms with van der Waals surface area (Å²) in [5.74, 6) is 0.771. The summed E-state index contributed by atoms with van der Waals surface area (Å²) in [6.45, 7) is 2.10. The van der Waals surface area contributed by atoms with Gasteiger partial charge in [-0.25, -0.2) is 0 Å². The van der Waals surface area contributed by atoms with Gasteiger partial charge in [-0.2, -0.15) is 0 Å². The van der Waals surface area contributed by atoms with Gasteiger partial charge >= 0.3 is 0 Å². The summed E-state index contributed by atoms with van der Waals surface area (Å²) in [4.78, 5) is 15.8. The van der Waals surface area contributed by atoms with Gasteiger partial charge in [-0.1, -0.05) is 24.3 Å². The number of anilines is 1. The fraction of sp³-hybridized carbons (Fsp3) is 0.211. The summed E-state index contributed by atoms with van der Waals surface area (Å²) < 4.78 is 6.46. The summed E-state index contributed by atoms with van der Waals surface area (Å²) in [5, 5.41) is 2.01. The molecule has 23 heavy (non-hydrogen) atoms. The highest BCUT2D eigenvalue weighted by atomic mass is 32.1. The van der Waals surface area contributed by atoms with Gasteiger partial charge in [-0.05, 0) is 30.5 Å². The van der Waals surface area contributed by atoms with Crippen LogP contribution in [0.3, 0.4) is 0 Å². The number of hydrogen-bond donors (Lipinski definition) is 0. The Bertz CT molecular complexity index is 909. The van der Waals surface area contributed by atoms with Crippen molar-refractivity contribution in [3.63, 3.8) is 0 Å². The van der Waals surface area contributed by atoms with Crippen LogP contribution in [0, 0.1) is 0 Å². The summed E-state index contributed by atoms with van der Waals surface area (Å²) in [5.41, 5.74) is 3.56. The van der Waals surface area contributed by atoms with Crippen LogP contribution in [-0.4, -0.2) is 12.8 Å². The molecule has 2 aliphatic heterocycles. The number of carbonyl (C=O) groups excluding carboxylic acids is 1. The van der Waals surface area contributed by atoms with Crippen LogP contribution in [0.25, 0.3) is 0 Å². The molecular formula is C19H15NO2S. The van der Waals surface area contributed by atoms with E-state index < -0.39 is 5.60 Å². The standard InChI is InChI=1S/C19H15NO2S/c1-19-12-6-3-4-7-13(12)20(2)15(19)10-11-17(21)16(18(11)22-19)14-8-5-9-23-14/h3-10,16H,1-2H3. The van der Waals surface area contributed by atoms with Crippen molar-refractivity contribution in [2.24, 2.45) is 0 Å². The molecular weight excluding hydrogens is 306 g/mol. The number of carbonyl (C=O) groups is 1. The fourth-order valence-electron chi connectivity index (χ4n) is 3.90. The second-order valence-corrected chi connectivity index (χ2v) is 7.31. The molecule has 2 unspecified atom stereocenters. The topological polar surface area (TPSA) is 29.5 Å². The molecule has 0 fully saturated rings. The number of rotatable bonds is 1. The Balaban J connectivity index is 1.66. The lowest BCUT2D eigenvalue weighted by atomic mass is 9.77. The molecule has 0 amide bonds. The first kappa shape index (κ1) is 13.1. The number of hydrogen-bond acceptors (Lipinski definition) is 4. The van der Waals surface area contributed by atoms with Crippen molar-refractivity contribution < 1.29 is 9.53 Å². The average Bonchev–Trinajstić information content (AvgIpc) is 3.14. The van der Waals surface area contributed by atoms with Crippen LogP contribution in [0.2, 0.25) is 0 Å². The Hall–Kier alpha value is -2.33. The molecule has 2 atom stereocenters. The van der Waals surface area contributed by atoms with Crippen LogP contribution in [0.15, 0.2) is 64.9 Å². The molecule has 1 aliphatic carbocycles. The van der Waals surface area contributed by atoms with Gasteiger partial charge in [0.05, 0.1) is 11.3 Å². The highest BCUT2D eigenvalue weighted by Gasteiger charge is 2.54. The van der Waals surface area contributed by atoms with E-state index in [9.17, 15) is 4.79 Å². The van der Waals surface area contributed by atoms with Gasteiger partial charge in [0.25, 0.3) is 0 Å². The Kier molecular flexibility index (Phi) is 2.37. The van der Waals surface area contributed by atoms with E-state index in [1.807, 2.05) is 42.8 Å². The molecule has 1 aromatic carbocycles. The van der Waals surface area contributed by atoms with Gasteiger partial charge in [0.2, 0.25) is 0 Å². The SMILES string of the molecule is CN1C2=CC3=C(OC2(C)c2ccccc21)C(c1cccs1)C3=O. The smallest absolute Gasteiger partial charge is 0.182 e. The van der Waals surface area contributed by atoms with Crippen LogP contribution in [-0.2, 0) is 15.1 Å². The molecule has 0 spiro atoms. The lowest BCUT2D eigenvalue weighted by molar-refractivity contribution is -0.121. The Morgan fingerprint density at radius 3 is 2.83 bits per heavy atom. The number of allylic oxidation sites excluding steroid dienone is 3. The number of likely N-dealkylation sites (N-methyl/N-ethyl adjacent to an activating group) is 1. The third-order valence-electron chi connectivity index (χ3n) is 5.11. The third-order valence-corrected chi connectivity index (χ3v) is 6.04. The molecule has 0 saturated heterocycles. The van der Waals surface area contributed by atoms with Crippen molar-refractivity contribution in [2.75, 3.05) is 11.9 Å². The predicted octanol–water partition coefficient (Wildman–Crippen LogP) is 3.95. The number of nitrogens with zero attached hydrogens (tertiary/aromatic N) is 1. The lowest BCUT2D eigenvalue weighted by Gasteiger charge is -2.41. The zero-order valence-electron chi connectivity index (χ0n) is 12.9. The highest BCUT2D eigenvalue weighted by molar-refractivity contribution is 7.10. The van der Waals surface area contributed by atoms with Gasteiger partial charge in [0.15, 0.2) is 11.4 Å². The molecule has 0 N–H and O–H groups in total. The van der Waals surface area contributed by atoms with E-state index in [1.165, 1.54) is 0 Å². The van der Waals surface area contributed by atoms with Gasteiger partial charge in [0.1, 0.15) is 11.7 Å². The molecule has 1 aromatic heterocycles. The Morgan fingerprint density at radius 1 is 1.22 bits per heavy atom. The number of para-hydroxylation sites is 1. The first-order valence-electron chi connectivity index (χ1n) is 7.67. The maximum Gasteiger partial charge on any atom is 0.182 e. The Labute approximate surface area is 138 Å². The zero-order chi connectivity index (χ0) is 15.8. The maximum atomic E-state index is 12.6. The molecule has 3 aliphatic rings. The molecule has 0 bridgehead atoms.